The van der Waals surface area contributed by atoms with Crippen LogP contribution < -0.4 is 9.64 Å². The van der Waals surface area contributed by atoms with Gasteiger partial charge in [0.25, 0.3) is 5.88 Å². The summed E-state index contributed by atoms with van der Waals surface area (Å²) in [7, 11) is 1.65. The van der Waals surface area contributed by atoms with E-state index in [1.165, 1.54) is 12.8 Å². The molecule has 1 aromatic heterocycles. The summed E-state index contributed by atoms with van der Waals surface area (Å²) in [6.07, 6.45) is 5.87. The molecule has 4 heteroatoms. The molecule has 2 heterocycles. The van der Waals surface area contributed by atoms with E-state index in [1.807, 2.05) is 13.8 Å². The molecule has 0 atom stereocenters. The molecule has 0 amide bonds. The first-order valence-corrected chi connectivity index (χ1v) is 7.32. The van der Waals surface area contributed by atoms with Gasteiger partial charge in [-0.15, -0.1) is 0 Å². The number of methoxy groups -OCH3 is 1. The van der Waals surface area contributed by atoms with Gasteiger partial charge in [0.2, 0.25) is 0 Å². The molecule has 19 heavy (non-hydrogen) atoms. The van der Waals surface area contributed by atoms with Crippen molar-refractivity contribution in [3.63, 3.8) is 0 Å². The normalized spacial score (nSPS) is 16.0. The van der Waals surface area contributed by atoms with Gasteiger partial charge in [-0.05, 0) is 24.7 Å². The second kappa shape index (κ2) is 7.97. The second-order valence-electron chi connectivity index (χ2n) is 4.96. The van der Waals surface area contributed by atoms with Gasteiger partial charge in [-0.1, -0.05) is 27.7 Å². The lowest BCUT2D eigenvalue weighted by Gasteiger charge is -2.34. The van der Waals surface area contributed by atoms with Gasteiger partial charge in [0.05, 0.1) is 7.11 Å². The second-order valence-corrected chi connectivity index (χ2v) is 4.96. The highest BCUT2D eigenvalue weighted by atomic mass is 16.5. The monoisotopic (exact) mass is 265 g/mol. The van der Waals surface area contributed by atoms with E-state index in [9.17, 15) is 0 Å². The summed E-state index contributed by atoms with van der Waals surface area (Å²) < 4.78 is 5.26. The van der Waals surface area contributed by atoms with Crippen LogP contribution in [0.5, 0.6) is 5.88 Å². The third-order valence-electron chi connectivity index (χ3n) is 3.62. The first-order chi connectivity index (χ1) is 9.22. The van der Waals surface area contributed by atoms with Crippen LogP contribution in [0.15, 0.2) is 12.4 Å². The van der Waals surface area contributed by atoms with Gasteiger partial charge in [-0.2, -0.15) is 0 Å². The molecule has 0 bridgehead atoms. The summed E-state index contributed by atoms with van der Waals surface area (Å²) in [5.41, 5.74) is 0. The molecule has 1 aliphatic heterocycles. The summed E-state index contributed by atoms with van der Waals surface area (Å²) in [5, 5.41) is 0. The van der Waals surface area contributed by atoms with Crippen molar-refractivity contribution < 1.29 is 4.74 Å². The van der Waals surface area contributed by atoms with Crippen molar-refractivity contribution in [2.24, 2.45) is 11.8 Å². The van der Waals surface area contributed by atoms with E-state index < -0.39 is 0 Å². The van der Waals surface area contributed by atoms with Crippen LogP contribution in [0.25, 0.3) is 0 Å². The van der Waals surface area contributed by atoms with Crippen molar-refractivity contribution in [2.45, 2.75) is 40.5 Å². The zero-order valence-electron chi connectivity index (χ0n) is 12.9. The van der Waals surface area contributed by atoms with E-state index in [0.29, 0.717) is 5.88 Å². The highest BCUT2D eigenvalue weighted by molar-refractivity contribution is 5.47. The molecule has 0 spiro atoms. The lowest BCUT2D eigenvalue weighted by atomic mass is 9.87. The number of rotatable bonds is 3. The molecule has 1 aromatic rings. The molecule has 0 aromatic carbocycles. The Labute approximate surface area is 117 Å². The number of anilines is 1. The summed E-state index contributed by atoms with van der Waals surface area (Å²) >= 11 is 0. The lowest BCUT2D eigenvalue weighted by Crippen LogP contribution is -2.36. The first-order valence-electron chi connectivity index (χ1n) is 7.32. The minimum absolute atomic E-state index is 0.635. The fourth-order valence-corrected chi connectivity index (χ4v) is 2.46. The van der Waals surface area contributed by atoms with Gasteiger partial charge in [0.1, 0.15) is 0 Å². The molecule has 1 fully saturated rings. The quantitative estimate of drug-likeness (QED) is 0.839. The van der Waals surface area contributed by atoms with Gasteiger partial charge >= 0.3 is 0 Å². The van der Waals surface area contributed by atoms with E-state index in [0.717, 1.165) is 30.7 Å². The van der Waals surface area contributed by atoms with Crippen LogP contribution in [0.2, 0.25) is 0 Å². The topological polar surface area (TPSA) is 38.3 Å². The van der Waals surface area contributed by atoms with Crippen molar-refractivity contribution in [3.8, 4) is 5.88 Å². The molecule has 0 unspecified atom stereocenters. The fourth-order valence-electron chi connectivity index (χ4n) is 2.46. The Balaban J connectivity index is 0.000000861. The maximum atomic E-state index is 5.26. The Morgan fingerprint density at radius 2 is 1.74 bits per heavy atom. The van der Waals surface area contributed by atoms with Crippen LogP contribution in [-0.2, 0) is 0 Å². The van der Waals surface area contributed by atoms with Crippen LogP contribution in [0.3, 0.4) is 0 Å². The number of ether oxygens (including phenoxy) is 1. The molecule has 4 nitrogen and oxygen atoms in total. The Bertz CT molecular complexity index is 360. The molecular weight excluding hydrogens is 238 g/mol. The standard InChI is InChI=1S/C13H21N3O.C2H6/c1-10(2)11-4-8-16(9-5-11)12-13(17-3)15-7-6-14-12;1-2/h6-7,10-11H,4-5,8-9H2,1-3H3;1-2H3. The van der Waals surface area contributed by atoms with Crippen molar-refractivity contribution in [2.75, 3.05) is 25.1 Å². The van der Waals surface area contributed by atoms with Crippen LogP contribution in [0.4, 0.5) is 5.82 Å². The van der Waals surface area contributed by atoms with Crippen molar-refractivity contribution in [1.82, 2.24) is 9.97 Å². The van der Waals surface area contributed by atoms with Gasteiger partial charge in [-0.3, -0.25) is 0 Å². The highest BCUT2D eigenvalue weighted by Gasteiger charge is 2.24. The van der Waals surface area contributed by atoms with E-state index in [4.69, 9.17) is 4.74 Å². The fraction of sp³-hybridized carbons (Fsp3) is 0.733. The average molecular weight is 265 g/mol. The third-order valence-corrected chi connectivity index (χ3v) is 3.62. The van der Waals surface area contributed by atoms with Gasteiger partial charge in [0.15, 0.2) is 5.82 Å². The molecular formula is C15H27N3O. The van der Waals surface area contributed by atoms with Crippen molar-refractivity contribution in [1.29, 1.82) is 0 Å². The number of nitrogens with zero attached hydrogens (tertiary/aromatic N) is 3. The Hall–Kier alpha value is -1.32. The van der Waals surface area contributed by atoms with Crippen LogP contribution in [0.1, 0.15) is 40.5 Å². The van der Waals surface area contributed by atoms with Crippen LogP contribution in [0, 0.1) is 11.8 Å². The van der Waals surface area contributed by atoms with Gasteiger partial charge in [-0.25, -0.2) is 9.97 Å². The molecule has 0 N–H and O–H groups in total. The molecule has 108 valence electrons. The lowest BCUT2D eigenvalue weighted by molar-refractivity contribution is 0.308. The van der Waals surface area contributed by atoms with Crippen molar-refractivity contribution in [3.05, 3.63) is 12.4 Å². The number of aromatic nitrogens is 2. The van der Waals surface area contributed by atoms with E-state index in [1.54, 1.807) is 19.5 Å². The minimum atomic E-state index is 0.635. The maximum Gasteiger partial charge on any atom is 0.257 e. The van der Waals surface area contributed by atoms with Crippen molar-refractivity contribution >= 4 is 5.82 Å². The summed E-state index contributed by atoms with van der Waals surface area (Å²) in [5.74, 6) is 3.14. The summed E-state index contributed by atoms with van der Waals surface area (Å²) in [6, 6.07) is 0. The molecule has 1 saturated heterocycles. The summed E-state index contributed by atoms with van der Waals surface area (Å²) in [4.78, 5) is 10.9. The molecule has 0 radical (unpaired) electrons. The first kappa shape index (κ1) is 15.7. The molecule has 1 aliphatic rings. The predicted octanol–water partition coefficient (Wildman–Crippen LogP) is 3.38. The smallest absolute Gasteiger partial charge is 0.257 e. The minimum Gasteiger partial charge on any atom is -0.478 e. The molecule has 0 saturated carbocycles. The maximum absolute atomic E-state index is 5.26. The zero-order valence-corrected chi connectivity index (χ0v) is 12.9. The summed E-state index contributed by atoms with van der Waals surface area (Å²) in [6.45, 7) is 10.7. The van der Waals surface area contributed by atoms with E-state index >= 15 is 0 Å². The van der Waals surface area contributed by atoms with E-state index in [-0.39, 0.29) is 0 Å². The largest absolute Gasteiger partial charge is 0.478 e. The number of hydrogen-bond acceptors (Lipinski definition) is 4. The van der Waals surface area contributed by atoms with Gasteiger partial charge < -0.3 is 9.64 Å². The Kier molecular flexibility index (Phi) is 6.60. The zero-order chi connectivity index (χ0) is 14.3. The highest BCUT2D eigenvalue weighted by Crippen LogP contribution is 2.30. The average Bonchev–Trinajstić information content (AvgIpc) is 2.49. The third kappa shape index (κ3) is 4.08. The Morgan fingerprint density at radius 1 is 1.16 bits per heavy atom. The SMILES string of the molecule is CC.COc1nccnc1N1CCC(C(C)C)CC1. The van der Waals surface area contributed by atoms with Crippen LogP contribution >= 0.6 is 0 Å². The number of piperidine rings is 1. The van der Waals surface area contributed by atoms with E-state index in [2.05, 4.69) is 28.7 Å². The van der Waals surface area contributed by atoms with Gasteiger partial charge in [0, 0.05) is 25.5 Å². The molecule has 0 aliphatic carbocycles. The number of hydrogen-bond donors (Lipinski definition) is 0. The van der Waals surface area contributed by atoms with Crippen LogP contribution in [-0.4, -0.2) is 30.2 Å². The Morgan fingerprint density at radius 3 is 2.26 bits per heavy atom. The molecule has 2 rings (SSSR count). The predicted molar refractivity (Wildman–Crippen MR) is 79.7 cm³/mol.